The minimum Gasteiger partial charge on any atom is -0.339 e. The normalized spacial score (nSPS) is 15.2. The molecule has 20 heavy (non-hydrogen) atoms. The first-order valence-corrected chi connectivity index (χ1v) is 8.10. The Balaban J connectivity index is 2.61. The molecular weight excluding hydrogens is 276 g/mol. The van der Waals surface area contributed by atoms with Crippen LogP contribution in [0.5, 0.6) is 0 Å². The number of nitrogens with zero attached hydrogens (tertiary/aromatic N) is 1. The van der Waals surface area contributed by atoms with Crippen molar-refractivity contribution in [3.63, 3.8) is 0 Å². The van der Waals surface area contributed by atoms with Crippen molar-refractivity contribution in [1.82, 2.24) is 4.90 Å². The van der Waals surface area contributed by atoms with Crippen molar-refractivity contribution in [2.24, 2.45) is 5.14 Å². The predicted molar refractivity (Wildman–Crippen MR) is 77.1 cm³/mol. The summed E-state index contributed by atoms with van der Waals surface area (Å²) in [5, 5.41) is 5.27. The quantitative estimate of drug-likeness (QED) is 0.917. The molecule has 1 fully saturated rings. The third-order valence-corrected chi connectivity index (χ3v) is 5.01. The van der Waals surface area contributed by atoms with E-state index in [1.165, 1.54) is 0 Å². The third kappa shape index (κ3) is 2.58. The molecule has 1 aliphatic rings. The van der Waals surface area contributed by atoms with Crippen LogP contribution in [0.2, 0.25) is 0 Å². The van der Waals surface area contributed by atoms with Gasteiger partial charge in [-0.1, -0.05) is 6.07 Å². The van der Waals surface area contributed by atoms with Gasteiger partial charge in [-0.15, -0.1) is 0 Å². The number of primary sulfonamides is 1. The highest BCUT2D eigenvalue weighted by atomic mass is 32.2. The van der Waals surface area contributed by atoms with E-state index in [1.54, 1.807) is 31.9 Å². The average Bonchev–Trinajstić information content (AvgIpc) is 3.08. The lowest BCUT2D eigenvalue weighted by Gasteiger charge is -2.21. The molecular formula is C14H20N2O3S. The first-order chi connectivity index (χ1) is 9.14. The first-order valence-electron chi connectivity index (χ1n) is 6.55. The fraction of sp³-hybridized carbons (Fsp3) is 0.500. The Morgan fingerprint density at radius 3 is 2.25 bits per heavy atom. The lowest BCUT2D eigenvalue weighted by molar-refractivity contribution is 0.0783. The van der Waals surface area contributed by atoms with Gasteiger partial charge in [0.1, 0.15) is 0 Å². The molecule has 1 aromatic rings. The van der Waals surface area contributed by atoms with E-state index in [9.17, 15) is 13.2 Å². The summed E-state index contributed by atoms with van der Waals surface area (Å²) in [7, 11) is -2.08. The van der Waals surface area contributed by atoms with Crippen LogP contribution in [-0.2, 0) is 10.0 Å². The minimum atomic E-state index is -3.84. The first kappa shape index (κ1) is 15.0. The van der Waals surface area contributed by atoms with E-state index < -0.39 is 10.0 Å². The molecule has 0 aromatic heterocycles. The number of hydrogen-bond acceptors (Lipinski definition) is 3. The maximum absolute atomic E-state index is 12.5. The molecule has 2 rings (SSSR count). The summed E-state index contributed by atoms with van der Waals surface area (Å²) in [5.74, 6) is -0.132. The number of aryl methyl sites for hydroxylation is 2. The Morgan fingerprint density at radius 1 is 1.25 bits per heavy atom. The zero-order valence-corrected chi connectivity index (χ0v) is 13.0. The summed E-state index contributed by atoms with van der Waals surface area (Å²) >= 11 is 0. The van der Waals surface area contributed by atoms with Crippen molar-refractivity contribution in [3.8, 4) is 0 Å². The van der Waals surface area contributed by atoms with Crippen molar-refractivity contribution in [1.29, 1.82) is 0 Å². The molecule has 0 unspecified atom stereocenters. The van der Waals surface area contributed by atoms with E-state index in [2.05, 4.69) is 0 Å². The van der Waals surface area contributed by atoms with Gasteiger partial charge < -0.3 is 4.90 Å². The molecule has 1 saturated carbocycles. The van der Waals surface area contributed by atoms with Crippen molar-refractivity contribution in [2.45, 2.75) is 44.6 Å². The van der Waals surface area contributed by atoms with Gasteiger partial charge >= 0.3 is 0 Å². The zero-order valence-electron chi connectivity index (χ0n) is 12.2. The summed E-state index contributed by atoms with van der Waals surface area (Å²) in [5.41, 5.74) is 2.26. The number of amides is 1. The van der Waals surface area contributed by atoms with Gasteiger partial charge in [0.25, 0.3) is 5.91 Å². The number of benzene rings is 1. The molecule has 6 heteroatoms. The molecule has 1 aromatic carbocycles. The largest absolute Gasteiger partial charge is 0.339 e. The van der Waals surface area contributed by atoms with Crippen molar-refractivity contribution >= 4 is 15.9 Å². The molecule has 0 saturated heterocycles. The van der Waals surface area contributed by atoms with Crippen molar-refractivity contribution in [2.75, 3.05) is 7.05 Å². The molecule has 0 aliphatic heterocycles. The van der Waals surface area contributed by atoms with Crippen molar-refractivity contribution < 1.29 is 13.2 Å². The number of carbonyl (C=O) groups excluding carboxylic acids is 1. The van der Waals surface area contributed by atoms with Crippen LogP contribution in [-0.4, -0.2) is 32.3 Å². The second-order valence-corrected chi connectivity index (χ2v) is 7.03. The molecule has 0 atom stereocenters. The second-order valence-electron chi connectivity index (χ2n) is 5.53. The molecule has 2 N–H and O–H groups in total. The monoisotopic (exact) mass is 296 g/mol. The predicted octanol–water partition coefficient (Wildman–Crippen LogP) is 1.49. The Morgan fingerprint density at radius 2 is 1.80 bits per heavy atom. The van der Waals surface area contributed by atoms with Gasteiger partial charge in [0.05, 0.1) is 4.90 Å². The standard InChI is InChI=1S/C14H20N2O3S/c1-8-7-9(2)13(20(15,18)19)10(3)12(8)14(17)16(4)11-5-6-11/h7,11H,5-6H2,1-4H3,(H2,15,18,19). The fourth-order valence-electron chi connectivity index (χ4n) is 2.74. The average molecular weight is 296 g/mol. The van der Waals surface area contributed by atoms with Gasteiger partial charge in [-0.3, -0.25) is 4.79 Å². The topological polar surface area (TPSA) is 80.5 Å². The summed E-state index contributed by atoms with van der Waals surface area (Å²) in [6, 6.07) is 1.99. The van der Waals surface area contributed by atoms with Crippen LogP contribution < -0.4 is 5.14 Å². The van der Waals surface area contributed by atoms with E-state index in [-0.39, 0.29) is 16.8 Å². The number of hydrogen-bond donors (Lipinski definition) is 1. The lowest BCUT2D eigenvalue weighted by Crippen LogP contribution is -2.31. The smallest absolute Gasteiger partial charge is 0.254 e. The number of nitrogens with two attached hydrogens (primary N) is 1. The van der Waals surface area contributed by atoms with Gasteiger partial charge in [0, 0.05) is 18.7 Å². The minimum absolute atomic E-state index is 0.0654. The van der Waals surface area contributed by atoms with Crippen LogP contribution in [0.1, 0.15) is 39.9 Å². The highest BCUT2D eigenvalue weighted by Crippen LogP contribution is 2.30. The second kappa shape index (κ2) is 4.86. The summed E-state index contributed by atoms with van der Waals surface area (Å²) < 4.78 is 23.5. The van der Waals surface area contributed by atoms with Gasteiger partial charge in [-0.05, 0) is 50.3 Å². The van der Waals surface area contributed by atoms with E-state index in [1.807, 2.05) is 6.92 Å². The maximum atomic E-state index is 12.5. The van der Waals surface area contributed by atoms with Crippen LogP contribution in [0, 0.1) is 20.8 Å². The summed E-state index contributed by atoms with van der Waals surface area (Å²) in [6.07, 6.45) is 2.02. The fourth-order valence-corrected chi connectivity index (χ4v) is 3.77. The highest BCUT2D eigenvalue weighted by molar-refractivity contribution is 7.89. The molecule has 0 spiro atoms. The van der Waals surface area contributed by atoms with Crippen LogP contribution in [0.4, 0.5) is 0 Å². The van der Waals surface area contributed by atoms with Crippen molar-refractivity contribution in [3.05, 3.63) is 28.3 Å². The highest BCUT2D eigenvalue weighted by Gasteiger charge is 2.32. The number of carbonyl (C=O) groups is 1. The Kier molecular flexibility index (Phi) is 3.64. The van der Waals surface area contributed by atoms with E-state index in [4.69, 9.17) is 5.14 Å². The Labute approximate surface area is 119 Å². The third-order valence-electron chi connectivity index (χ3n) is 3.81. The van der Waals surface area contributed by atoms with Gasteiger partial charge in [-0.2, -0.15) is 0 Å². The SMILES string of the molecule is Cc1cc(C)c(S(N)(=O)=O)c(C)c1C(=O)N(C)C1CC1. The summed E-state index contributed by atoms with van der Waals surface area (Å²) in [6.45, 7) is 5.16. The van der Waals surface area contributed by atoms with Gasteiger partial charge in [0.15, 0.2) is 0 Å². The lowest BCUT2D eigenvalue weighted by atomic mass is 9.98. The molecule has 0 heterocycles. The number of rotatable bonds is 3. The van der Waals surface area contributed by atoms with E-state index in [0.717, 1.165) is 18.4 Å². The van der Waals surface area contributed by atoms with Crippen LogP contribution in [0.3, 0.4) is 0 Å². The molecule has 0 bridgehead atoms. The zero-order chi connectivity index (χ0) is 15.2. The van der Waals surface area contributed by atoms with E-state index in [0.29, 0.717) is 16.7 Å². The molecule has 110 valence electrons. The van der Waals surface area contributed by atoms with Gasteiger partial charge in [-0.25, -0.2) is 13.6 Å². The van der Waals surface area contributed by atoms with E-state index >= 15 is 0 Å². The van der Waals surface area contributed by atoms with Crippen LogP contribution in [0.25, 0.3) is 0 Å². The molecule has 1 aliphatic carbocycles. The van der Waals surface area contributed by atoms with Crippen LogP contribution >= 0.6 is 0 Å². The molecule has 1 amide bonds. The Bertz CT molecular complexity index is 676. The number of sulfonamides is 1. The molecule has 0 radical (unpaired) electrons. The Hall–Kier alpha value is -1.40. The maximum Gasteiger partial charge on any atom is 0.254 e. The molecule has 5 nitrogen and oxygen atoms in total. The summed E-state index contributed by atoms with van der Waals surface area (Å²) in [4.78, 5) is 14.3. The van der Waals surface area contributed by atoms with Crippen LogP contribution in [0.15, 0.2) is 11.0 Å². The van der Waals surface area contributed by atoms with Gasteiger partial charge in [0.2, 0.25) is 10.0 Å².